The van der Waals surface area contributed by atoms with Crippen molar-refractivity contribution in [3.63, 3.8) is 0 Å². The van der Waals surface area contributed by atoms with Gasteiger partial charge >= 0.3 is 0 Å². The van der Waals surface area contributed by atoms with Crippen LogP contribution in [0.2, 0.25) is 0 Å². The maximum absolute atomic E-state index is 10.5. The van der Waals surface area contributed by atoms with Gasteiger partial charge in [0.1, 0.15) is 6.29 Å². The number of hydrogen-bond acceptors (Lipinski definition) is 2. The highest BCUT2D eigenvalue weighted by Gasteiger charge is 2.26. The van der Waals surface area contributed by atoms with Crippen molar-refractivity contribution in [2.45, 2.75) is 47.0 Å². The van der Waals surface area contributed by atoms with Crippen molar-refractivity contribution in [2.75, 3.05) is 20.6 Å². The first-order valence-corrected chi connectivity index (χ1v) is 8.78. The molecule has 0 unspecified atom stereocenters. The third-order valence-electron chi connectivity index (χ3n) is 4.51. The molecule has 1 rings (SSSR count). The minimum absolute atomic E-state index is 0.265. The van der Waals surface area contributed by atoms with Crippen LogP contribution in [-0.2, 0) is 4.79 Å². The molecule has 1 aliphatic carbocycles. The summed E-state index contributed by atoms with van der Waals surface area (Å²) in [7, 11) is 4.16. The fourth-order valence-corrected chi connectivity index (χ4v) is 3.21. The maximum Gasteiger partial charge on any atom is 0.143 e. The Morgan fingerprint density at radius 2 is 1.92 bits per heavy atom. The molecule has 0 saturated carbocycles. The smallest absolute Gasteiger partial charge is 0.143 e. The van der Waals surface area contributed by atoms with Crippen molar-refractivity contribution < 1.29 is 4.79 Å². The molecule has 0 saturated heterocycles. The summed E-state index contributed by atoms with van der Waals surface area (Å²) >= 11 is 0. The summed E-state index contributed by atoms with van der Waals surface area (Å²) in [4.78, 5) is 12.7. The van der Waals surface area contributed by atoms with Crippen LogP contribution >= 0.6 is 0 Å². The standard InChI is InChI=1S/C22H33NO/c1-18(14-16-24)9-7-11-20(17-23(5)6)12-13-21-19(2)10-8-15-22(21,3)4/h7,9,11-14,16H,8,10,15,17H2,1-6H3/b9-7+,13-12+,18-14+,20-11-. The molecule has 0 N–H and O–H groups in total. The minimum atomic E-state index is 0.265. The van der Waals surface area contributed by atoms with E-state index in [9.17, 15) is 4.79 Å². The zero-order chi connectivity index (χ0) is 18.2. The Bertz CT molecular complexity index is 583. The maximum atomic E-state index is 10.5. The quantitative estimate of drug-likeness (QED) is 0.361. The highest BCUT2D eigenvalue weighted by Crippen LogP contribution is 2.40. The average molecular weight is 328 g/mol. The second-order valence-electron chi connectivity index (χ2n) is 7.65. The van der Waals surface area contributed by atoms with Gasteiger partial charge in [-0.05, 0) is 75.4 Å². The fraction of sp³-hybridized carbons (Fsp3) is 0.500. The van der Waals surface area contributed by atoms with Gasteiger partial charge in [0.05, 0.1) is 0 Å². The first kappa shape index (κ1) is 20.4. The topological polar surface area (TPSA) is 20.3 Å². The van der Waals surface area contributed by atoms with E-state index in [0.29, 0.717) is 0 Å². The van der Waals surface area contributed by atoms with Crippen molar-refractivity contribution in [3.05, 3.63) is 58.7 Å². The lowest BCUT2D eigenvalue weighted by Gasteiger charge is -2.33. The number of hydrogen-bond donors (Lipinski definition) is 0. The van der Waals surface area contributed by atoms with E-state index >= 15 is 0 Å². The summed E-state index contributed by atoms with van der Waals surface area (Å²) in [5.74, 6) is 0. The fourth-order valence-electron chi connectivity index (χ4n) is 3.21. The highest BCUT2D eigenvalue weighted by atomic mass is 16.1. The van der Waals surface area contributed by atoms with Gasteiger partial charge in [-0.15, -0.1) is 0 Å². The Morgan fingerprint density at radius 1 is 1.21 bits per heavy atom. The zero-order valence-electron chi connectivity index (χ0n) is 16.2. The normalized spacial score (nSPS) is 19.8. The molecular weight excluding hydrogens is 294 g/mol. The summed E-state index contributed by atoms with van der Waals surface area (Å²) in [6, 6.07) is 0. The molecule has 0 atom stereocenters. The molecule has 2 nitrogen and oxygen atoms in total. The van der Waals surface area contributed by atoms with E-state index in [2.05, 4.69) is 58.0 Å². The first-order valence-electron chi connectivity index (χ1n) is 8.78. The molecule has 2 heteroatoms. The summed E-state index contributed by atoms with van der Waals surface area (Å²) in [6.07, 6.45) is 16.8. The van der Waals surface area contributed by atoms with Crippen LogP contribution in [0, 0.1) is 5.41 Å². The molecule has 0 heterocycles. The third-order valence-corrected chi connectivity index (χ3v) is 4.51. The molecule has 0 radical (unpaired) electrons. The second-order valence-corrected chi connectivity index (χ2v) is 7.65. The third kappa shape index (κ3) is 6.84. The molecule has 0 aromatic rings. The highest BCUT2D eigenvalue weighted by molar-refractivity contribution is 5.66. The van der Waals surface area contributed by atoms with Gasteiger partial charge in [0.2, 0.25) is 0 Å². The Balaban J connectivity index is 3.01. The van der Waals surface area contributed by atoms with Crippen LogP contribution < -0.4 is 0 Å². The second kappa shape index (κ2) is 9.58. The van der Waals surface area contributed by atoms with Gasteiger partial charge in [-0.1, -0.05) is 49.8 Å². The molecule has 1 aliphatic rings. The predicted molar refractivity (Wildman–Crippen MR) is 105 cm³/mol. The molecule has 0 fully saturated rings. The van der Waals surface area contributed by atoms with E-state index in [-0.39, 0.29) is 5.41 Å². The van der Waals surface area contributed by atoms with Crippen molar-refractivity contribution in [2.24, 2.45) is 5.41 Å². The van der Waals surface area contributed by atoms with E-state index in [1.165, 1.54) is 36.0 Å². The van der Waals surface area contributed by atoms with E-state index < -0.39 is 0 Å². The molecule has 0 aromatic carbocycles. The van der Waals surface area contributed by atoms with Crippen LogP contribution in [0.15, 0.2) is 58.7 Å². The summed E-state index contributed by atoms with van der Waals surface area (Å²) < 4.78 is 0. The number of likely N-dealkylation sites (N-methyl/N-ethyl adjacent to an activating group) is 1. The number of rotatable bonds is 7. The summed E-state index contributed by atoms with van der Waals surface area (Å²) in [6.45, 7) is 9.78. The van der Waals surface area contributed by atoms with E-state index in [1.807, 2.05) is 19.1 Å². The molecule has 132 valence electrons. The van der Waals surface area contributed by atoms with Gasteiger partial charge in [-0.2, -0.15) is 0 Å². The zero-order valence-corrected chi connectivity index (χ0v) is 16.2. The number of aldehydes is 1. The van der Waals surface area contributed by atoms with E-state index in [4.69, 9.17) is 0 Å². The number of allylic oxidation sites excluding steroid dienone is 8. The van der Waals surface area contributed by atoms with Gasteiger partial charge in [0, 0.05) is 6.54 Å². The van der Waals surface area contributed by atoms with Crippen molar-refractivity contribution in [3.8, 4) is 0 Å². The Morgan fingerprint density at radius 3 is 2.50 bits per heavy atom. The molecule has 0 aromatic heterocycles. The lowest BCUT2D eigenvalue weighted by Crippen LogP contribution is -2.19. The van der Waals surface area contributed by atoms with Gasteiger partial charge in [-0.3, -0.25) is 4.79 Å². The van der Waals surface area contributed by atoms with Crippen LogP contribution in [0.5, 0.6) is 0 Å². The average Bonchev–Trinajstić information content (AvgIpc) is 2.45. The van der Waals surface area contributed by atoms with E-state index in [0.717, 1.165) is 18.4 Å². The molecule has 0 amide bonds. The van der Waals surface area contributed by atoms with Gasteiger partial charge in [0.25, 0.3) is 0 Å². The molecule has 0 spiro atoms. The summed E-state index contributed by atoms with van der Waals surface area (Å²) in [5, 5.41) is 0. The number of nitrogens with zero attached hydrogens (tertiary/aromatic N) is 1. The van der Waals surface area contributed by atoms with Crippen molar-refractivity contribution in [1.82, 2.24) is 4.90 Å². The number of carbonyl (C=O) groups excluding carboxylic acids is 1. The first-order chi connectivity index (χ1) is 11.3. The van der Waals surface area contributed by atoms with Crippen LogP contribution in [0.25, 0.3) is 0 Å². The van der Waals surface area contributed by atoms with Crippen LogP contribution in [0.1, 0.15) is 47.0 Å². The van der Waals surface area contributed by atoms with Gasteiger partial charge in [-0.25, -0.2) is 0 Å². The van der Waals surface area contributed by atoms with Gasteiger partial charge < -0.3 is 4.90 Å². The van der Waals surface area contributed by atoms with Crippen LogP contribution in [0.3, 0.4) is 0 Å². The molecule has 0 bridgehead atoms. The monoisotopic (exact) mass is 327 g/mol. The Hall–Kier alpha value is -1.67. The van der Waals surface area contributed by atoms with E-state index in [1.54, 1.807) is 6.08 Å². The van der Waals surface area contributed by atoms with Crippen LogP contribution in [0.4, 0.5) is 0 Å². The lowest BCUT2D eigenvalue weighted by atomic mass is 9.72. The summed E-state index contributed by atoms with van der Waals surface area (Å²) in [5.41, 5.74) is 5.49. The van der Waals surface area contributed by atoms with Crippen molar-refractivity contribution >= 4 is 6.29 Å². The van der Waals surface area contributed by atoms with Crippen molar-refractivity contribution in [1.29, 1.82) is 0 Å². The molecule has 24 heavy (non-hydrogen) atoms. The minimum Gasteiger partial charge on any atom is -0.305 e. The predicted octanol–water partition coefficient (Wildman–Crippen LogP) is 5.26. The largest absolute Gasteiger partial charge is 0.305 e. The Labute approximate surface area is 148 Å². The number of carbonyl (C=O) groups is 1. The molecule has 0 aliphatic heterocycles. The van der Waals surface area contributed by atoms with Gasteiger partial charge in [0.15, 0.2) is 0 Å². The SMILES string of the molecule is CC1=C(/C=C/C(=C/C=C/C(C)=C/C=O)CN(C)C)C(C)(C)CCC1. The Kier molecular flexibility index (Phi) is 8.14. The van der Waals surface area contributed by atoms with Crippen LogP contribution in [-0.4, -0.2) is 31.8 Å². The molecular formula is C22H33NO. The lowest BCUT2D eigenvalue weighted by molar-refractivity contribution is -0.104.